The quantitative estimate of drug-likeness (QED) is 0.487. The first-order valence-electron chi connectivity index (χ1n) is 5.28. The zero-order chi connectivity index (χ0) is 14.0. The molecule has 0 radical (unpaired) electrons. The third-order valence-corrected chi connectivity index (χ3v) is 3.42. The summed E-state index contributed by atoms with van der Waals surface area (Å²) in [6.45, 7) is 1.76. The van der Waals surface area contributed by atoms with Gasteiger partial charge in [-0.1, -0.05) is 11.3 Å². The Morgan fingerprint density at radius 1 is 1.63 bits per heavy atom. The van der Waals surface area contributed by atoms with E-state index in [4.69, 9.17) is 5.84 Å². The molecule has 0 aromatic carbocycles. The summed E-state index contributed by atoms with van der Waals surface area (Å²) in [5.74, 6) is 5.21. The van der Waals surface area contributed by atoms with Crippen LogP contribution >= 0.6 is 11.3 Å². The highest BCUT2D eigenvalue weighted by molar-refractivity contribution is 7.15. The maximum atomic E-state index is 11.8. The number of nitrogens with one attached hydrogen (secondary N) is 1. The predicted octanol–water partition coefficient (Wildman–Crippen LogP) is 0.855. The first kappa shape index (κ1) is 13.2. The minimum atomic E-state index is -0.509. The Balaban J connectivity index is 2.37. The van der Waals surface area contributed by atoms with Crippen molar-refractivity contribution in [2.24, 2.45) is 5.84 Å². The smallest absolute Gasteiger partial charge is 0.288 e. The molecule has 19 heavy (non-hydrogen) atoms. The third kappa shape index (κ3) is 2.77. The summed E-state index contributed by atoms with van der Waals surface area (Å²) in [4.78, 5) is 26.9. The van der Waals surface area contributed by atoms with Crippen molar-refractivity contribution in [1.82, 2.24) is 9.55 Å². The van der Waals surface area contributed by atoms with Gasteiger partial charge in [-0.05, 0) is 6.92 Å². The molecule has 2 heterocycles. The van der Waals surface area contributed by atoms with Crippen LogP contribution in [-0.4, -0.2) is 14.5 Å². The lowest BCUT2D eigenvalue weighted by Gasteiger charge is -2.04. The fourth-order valence-electron chi connectivity index (χ4n) is 1.59. The molecule has 3 N–H and O–H groups in total. The van der Waals surface area contributed by atoms with Crippen molar-refractivity contribution in [3.8, 4) is 0 Å². The Morgan fingerprint density at radius 3 is 2.95 bits per heavy atom. The van der Waals surface area contributed by atoms with Crippen LogP contribution < -0.4 is 16.8 Å². The SMILES string of the molecule is Cc1cc(=O)n(Cc2cnc(NN)s2)cc1[N+](=O)[O-]. The van der Waals surface area contributed by atoms with Crippen LogP contribution in [-0.2, 0) is 6.54 Å². The summed E-state index contributed by atoms with van der Waals surface area (Å²) >= 11 is 1.28. The fourth-order valence-corrected chi connectivity index (χ4v) is 2.31. The standard InChI is InChI=1S/C10H11N5O3S/c1-6-2-9(16)14(5-8(6)15(17)18)4-7-3-12-10(13-11)19-7/h2-3,5H,4,11H2,1H3,(H,12,13). The minimum absolute atomic E-state index is 0.0821. The zero-order valence-electron chi connectivity index (χ0n) is 9.99. The van der Waals surface area contributed by atoms with E-state index in [1.165, 1.54) is 35.1 Å². The average Bonchev–Trinajstić information content (AvgIpc) is 2.80. The second-order valence-corrected chi connectivity index (χ2v) is 4.96. The summed E-state index contributed by atoms with van der Waals surface area (Å²) in [7, 11) is 0. The van der Waals surface area contributed by atoms with Crippen molar-refractivity contribution in [2.45, 2.75) is 13.5 Å². The second-order valence-electron chi connectivity index (χ2n) is 3.84. The number of nitrogen functional groups attached to an aromatic ring is 1. The van der Waals surface area contributed by atoms with Gasteiger partial charge in [0, 0.05) is 22.7 Å². The van der Waals surface area contributed by atoms with E-state index >= 15 is 0 Å². The Morgan fingerprint density at radius 2 is 2.37 bits per heavy atom. The Labute approximate surface area is 111 Å². The predicted molar refractivity (Wildman–Crippen MR) is 71.1 cm³/mol. The second kappa shape index (κ2) is 5.16. The van der Waals surface area contributed by atoms with Gasteiger partial charge < -0.3 is 4.57 Å². The van der Waals surface area contributed by atoms with Gasteiger partial charge in [0.25, 0.3) is 11.2 Å². The number of nitrogens with two attached hydrogens (primary N) is 1. The van der Waals surface area contributed by atoms with Crippen molar-refractivity contribution in [2.75, 3.05) is 5.43 Å². The average molecular weight is 281 g/mol. The Kier molecular flexibility index (Phi) is 3.58. The monoisotopic (exact) mass is 281 g/mol. The number of aryl methyl sites for hydroxylation is 1. The molecule has 8 nitrogen and oxygen atoms in total. The van der Waals surface area contributed by atoms with Crippen molar-refractivity contribution in [3.63, 3.8) is 0 Å². The van der Waals surface area contributed by atoms with Crippen LogP contribution in [0.3, 0.4) is 0 Å². The van der Waals surface area contributed by atoms with E-state index in [-0.39, 0.29) is 17.8 Å². The van der Waals surface area contributed by atoms with Crippen molar-refractivity contribution < 1.29 is 4.92 Å². The van der Waals surface area contributed by atoms with Gasteiger partial charge in [-0.25, -0.2) is 10.8 Å². The van der Waals surface area contributed by atoms with E-state index in [9.17, 15) is 14.9 Å². The van der Waals surface area contributed by atoms with E-state index in [1.807, 2.05) is 0 Å². The normalized spacial score (nSPS) is 10.4. The molecule has 100 valence electrons. The molecule has 0 atom stereocenters. The molecule has 0 saturated heterocycles. The van der Waals surface area contributed by atoms with Crippen LogP contribution in [0.4, 0.5) is 10.8 Å². The maximum absolute atomic E-state index is 11.8. The van der Waals surface area contributed by atoms with E-state index in [2.05, 4.69) is 10.4 Å². The van der Waals surface area contributed by atoms with E-state index < -0.39 is 4.92 Å². The summed E-state index contributed by atoms with van der Waals surface area (Å²) in [5.41, 5.74) is 2.37. The van der Waals surface area contributed by atoms with Gasteiger partial charge >= 0.3 is 0 Å². The first-order chi connectivity index (χ1) is 9.01. The lowest BCUT2D eigenvalue weighted by atomic mass is 10.2. The summed E-state index contributed by atoms with van der Waals surface area (Å²) in [6.07, 6.45) is 2.81. The highest BCUT2D eigenvalue weighted by Crippen LogP contribution is 2.19. The maximum Gasteiger partial charge on any atom is 0.288 e. The van der Waals surface area contributed by atoms with Crippen molar-refractivity contribution in [3.05, 3.63) is 49.4 Å². The van der Waals surface area contributed by atoms with Gasteiger partial charge in [0.2, 0.25) is 0 Å². The molecule has 0 bridgehead atoms. The molecular formula is C10H11N5O3S. The highest BCUT2D eigenvalue weighted by Gasteiger charge is 2.14. The van der Waals surface area contributed by atoms with Crippen LogP contribution in [0.15, 0.2) is 23.3 Å². The number of pyridine rings is 1. The van der Waals surface area contributed by atoms with Crippen molar-refractivity contribution in [1.29, 1.82) is 0 Å². The molecule has 2 aromatic heterocycles. The molecule has 2 rings (SSSR count). The van der Waals surface area contributed by atoms with Gasteiger partial charge in [0.05, 0.1) is 17.7 Å². The number of nitro groups is 1. The lowest BCUT2D eigenvalue weighted by molar-refractivity contribution is -0.385. The van der Waals surface area contributed by atoms with E-state index in [0.29, 0.717) is 10.7 Å². The molecule has 0 saturated carbocycles. The molecule has 0 aliphatic rings. The van der Waals surface area contributed by atoms with Crippen molar-refractivity contribution >= 4 is 22.2 Å². The molecule has 0 unspecified atom stereocenters. The largest absolute Gasteiger partial charge is 0.303 e. The Bertz CT molecular complexity index is 678. The molecule has 2 aromatic rings. The molecule has 0 aliphatic carbocycles. The van der Waals surface area contributed by atoms with E-state index in [1.54, 1.807) is 6.20 Å². The summed E-state index contributed by atoms with van der Waals surface area (Å²) < 4.78 is 1.28. The van der Waals surface area contributed by atoms with Gasteiger partial charge in [-0.3, -0.25) is 20.3 Å². The number of nitrogens with zero attached hydrogens (tertiary/aromatic N) is 3. The molecular weight excluding hydrogens is 270 g/mol. The number of hydrogen-bond acceptors (Lipinski definition) is 7. The molecule has 0 amide bonds. The first-order valence-corrected chi connectivity index (χ1v) is 6.09. The molecule has 0 aliphatic heterocycles. The molecule has 9 heteroatoms. The fraction of sp³-hybridized carbons (Fsp3) is 0.200. The van der Waals surface area contributed by atoms with E-state index in [0.717, 1.165) is 4.88 Å². The molecule has 0 spiro atoms. The minimum Gasteiger partial charge on any atom is -0.303 e. The summed E-state index contributed by atoms with van der Waals surface area (Å²) in [6, 6.07) is 1.25. The van der Waals surface area contributed by atoms with Gasteiger partial charge in [0.1, 0.15) is 0 Å². The van der Waals surface area contributed by atoms with Gasteiger partial charge in [0.15, 0.2) is 5.13 Å². The number of hydrogen-bond donors (Lipinski definition) is 2. The van der Waals surface area contributed by atoms with Crippen LogP contribution in [0.1, 0.15) is 10.4 Å². The number of hydrazine groups is 1. The van der Waals surface area contributed by atoms with Gasteiger partial charge in [-0.15, -0.1) is 0 Å². The number of thiazole rings is 1. The zero-order valence-corrected chi connectivity index (χ0v) is 10.8. The number of anilines is 1. The van der Waals surface area contributed by atoms with Gasteiger partial charge in [-0.2, -0.15) is 0 Å². The Hall–Kier alpha value is -2.26. The number of rotatable bonds is 4. The summed E-state index contributed by atoms with van der Waals surface area (Å²) in [5, 5.41) is 11.4. The number of aromatic nitrogens is 2. The van der Waals surface area contributed by atoms with Crippen LogP contribution in [0.2, 0.25) is 0 Å². The molecule has 0 fully saturated rings. The van der Waals surface area contributed by atoms with Crippen LogP contribution in [0, 0.1) is 17.0 Å². The highest BCUT2D eigenvalue weighted by atomic mass is 32.1. The van der Waals surface area contributed by atoms with Crippen LogP contribution in [0.25, 0.3) is 0 Å². The van der Waals surface area contributed by atoms with Crippen LogP contribution in [0.5, 0.6) is 0 Å². The lowest BCUT2D eigenvalue weighted by Crippen LogP contribution is -2.20. The third-order valence-electron chi connectivity index (χ3n) is 2.51. The topological polar surface area (TPSA) is 116 Å².